The summed E-state index contributed by atoms with van der Waals surface area (Å²) in [6, 6.07) is 0.570. The number of hydrogen-bond donors (Lipinski definition) is 1. The van der Waals surface area contributed by atoms with Gasteiger partial charge in [-0.1, -0.05) is 6.92 Å². The molecule has 0 spiro atoms. The monoisotopic (exact) mass is 468 g/mol. The van der Waals surface area contributed by atoms with E-state index in [9.17, 15) is 0 Å². The third kappa shape index (κ3) is 7.19. The lowest BCUT2D eigenvalue weighted by molar-refractivity contribution is -0.0817. The predicted octanol–water partition coefficient (Wildman–Crippen LogP) is 2.18. The first kappa shape index (κ1) is 22.9. The number of rotatable bonds is 7. The van der Waals surface area contributed by atoms with Crippen molar-refractivity contribution >= 4 is 29.9 Å². The van der Waals surface area contributed by atoms with Gasteiger partial charge in [-0.25, -0.2) is 0 Å². The molecular weight excluding hydrogens is 431 g/mol. The minimum Gasteiger partial charge on any atom is -0.375 e. The van der Waals surface area contributed by atoms with E-state index in [2.05, 4.69) is 42.8 Å². The Labute approximate surface area is 170 Å². The van der Waals surface area contributed by atoms with Crippen LogP contribution in [0.3, 0.4) is 0 Å². The minimum atomic E-state index is 0. The number of nitrogens with one attached hydrogen (secondary N) is 1. The van der Waals surface area contributed by atoms with Crippen LogP contribution in [-0.4, -0.2) is 86.5 Å². The van der Waals surface area contributed by atoms with Crippen molar-refractivity contribution in [3.8, 4) is 0 Å². The number of nitrogens with zero attached hydrogens (tertiary/aromatic N) is 3. The van der Waals surface area contributed by atoms with E-state index in [1.54, 1.807) is 0 Å². The van der Waals surface area contributed by atoms with Crippen LogP contribution in [0.4, 0.5) is 0 Å². The van der Waals surface area contributed by atoms with E-state index >= 15 is 0 Å². The van der Waals surface area contributed by atoms with Crippen LogP contribution in [-0.2, 0) is 9.47 Å². The van der Waals surface area contributed by atoms with Crippen molar-refractivity contribution in [1.29, 1.82) is 0 Å². The number of aliphatic imine (C=N–C) groups is 1. The number of hydrogen-bond acceptors (Lipinski definition) is 4. The van der Waals surface area contributed by atoms with Gasteiger partial charge in [0, 0.05) is 38.8 Å². The zero-order valence-electron chi connectivity index (χ0n) is 16.4. The Bertz CT molecular complexity index is 389. The highest BCUT2D eigenvalue weighted by Gasteiger charge is 2.32. The van der Waals surface area contributed by atoms with Gasteiger partial charge in [0.1, 0.15) is 6.10 Å². The molecule has 2 aliphatic heterocycles. The molecule has 6 nitrogen and oxygen atoms in total. The molecule has 0 aliphatic carbocycles. The van der Waals surface area contributed by atoms with Crippen LogP contribution >= 0.6 is 24.0 Å². The number of morpholine rings is 1. The van der Waals surface area contributed by atoms with E-state index in [1.165, 1.54) is 0 Å². The average Bonchev–Trinajstić information content (AvgIpc) is 3.12. The van der Waals surface area contributed by atoms with Crippen molar-refractivity contribution < 1.29 is 9.47 Å². The molecule has 0 bridgehead atoms. The van der Waals surface area contributed by atoms with Gasteiger partial charge in [-0.15, -0.1) is 24.0 Å². The largest absolute Gasteiger partial charge is 0.375 e. The summed E-state index contributed by atoms with van der Waals surface area (Å²) < 4.78 is 11.8. The van der Waals surface area contributed by atoms with Gasteiger partial charge in [0.05, 0.1) is 19.3 Å². The van der Waals surface area contributed by atoms with E-state index in [-0.39, 0.29) is 36.2 Å². The molecule has 2 saturated heterocycles. The van der Waals surface area contributed by atoms with Crippen LogP contribution in [0.25, 0.3) is 0 Å². The summed E-state index contributed by atoms with van der Waals surface area (Å²) in [6.45, 7) is 16.0. The fraction of sp³-hybridized carbons (Fsp3) is 0.944. The SMILES string of the molecule is CCNC(=NCCN(CC)C(C)C)N1CCOC(C2CCCO2)C1.I. The molecule has 2 atom stereocenters. The van der Waals surface area contributed by atoms with Gasteiger partial charge in [-0.3, -0.25) is 9.89 Å². The third-order valence-corrected chi connectivity index (χ3v) is 4.89. The van der Waals surface area contributed by atoms with Gasteiger partial charge in [-0.2, -0.15) is 0 Å². The Morgan fingerprint density at radius 1 is 1.24 bits per heavy atom. The van der Waals surface area contributed by atoms with Gasteiger partial charge in [-0.05, 0) is 40.2 Å². The summed E-state index contributed by atoms with van der Waals surface area (Å²) in [6.07, 6.45) is 2.70. The molecule has 0 amide bonds. The molecule has 0 radical (unpaired) electrons. The van der Waals surface area contributed by atoms with Crippen LogP contribution in [0.15, 0.2) is 4.99 Å². The molecule has 25 heavy (non-hydrogen) atoms. The normalized spacial score (nSPS) is 24.7. The molecule has 0 aromatic carbocycles. The second kappa shape index (κ2) is 12.3. The molecule has 2 fully saturated rings. The lowest BCUT2D eigenvalue weighted by atomic mass is 10.1. The predicted molar refractivity (Wildman–Crippen MR) is 114 cm³/mol. The fourth-order valence-corrected chi connectivity index (χ4v) is 3.48. The highest BCUT2D eigenvalue weighted by atomic mass is 127. The van der Waals surface area contributed by atoms with Crippen molar-refractivity contribution in [3.63, 3.8) is 0 Å². The molecule has 2 heterocycles. The number of ether oxygens (including phenoxy) is 2. The Hall–Kier alpha value is -0.120. The fourth-order valence-electron chi connectivity index (χ4n) is 3.48. The van der Waals surface area contributed by atoms with Gasteiger partial charge in [0.15, 0.2) is 5.96 Å². The number of guanidine groups is 1. The molecule has 148 valence electrons. The highest BCUT2D eigenvalue weighted by Crippen LogP contribution is 2.21. The summed E-state index contributed by atoms with van der Waals surface area (Å²) in [4.78, 5) is 9.65. The molecule has 0 saturated carbocycles. The Kier molecular flexibility index (Phi) is 11.3. The zero-order chi connectivity index (χ0) is 17.4. The molecule has 1 N–H and O–H groups in total. The van der Waals surface area contributed by atoms with Gasteiger partial charge in [0.25, 0.3) is 0 Å². The van der Waals surface area contributed by atoms with Crippen molar-refractivity contribution in [1.82, 2.24) is 15.1 Å². The van der Waals surface area contributed by atoms with Crippen molar-refractivity contribution in [3.05, 3.63) is 0 Å². The lowest BCUT2D eigenvalue weighted by Gasteiger charge is -2.37. The second-order valence-electron chi connectivity index (χ2n) is 6.86. The minimum absolute atomic E-state index is 0. The summed E-state index contributed by atoms with van der Waals surface area (Å²) in [5.74, 6) is 1.02. The highest BCUT2D eigenvalue weighted by molar-refractivity contribution is 14.0. The number of likely N-dealkylation sites (N-methyl/N-ethyl adjacent to an activating group) is 1. The van der Waals surface area contributed by atoms with E-state index in [1.807, 2.05) is 0 Å². The summed E-state index contributed by atoms with van der Waals surface area (Å²) in [7, 11) is 0. The molecule has 2 rings (SSSR count). The maximum atomic E-state index is 5.95. The topological polar surface area (TPSA) is 49.3 Å². The van der Waals surface area contributed by atoms with E-state index in [4.69, 9.17) is 14.5 Å². The first-order valence-electron chi connectivity index (χ1n) is 9.66. The molecule has 0 aromatic rings. The van der Waals surface area contributed by atoms with Crippen molar-refractivity contribution in [2.24, 2.45) is 4.99 Å². The maximum Gasteiger partial charge on any atom is 0.194 e. The zero-order valence-corrected chi connectivity index (χ0v) is 18.7. The van der Waals surface area contributed by atoms with E-state index < -0.39 is 0 Å². The van der Waals surface area contributed by atoms with Gasteiger partial charge in [0.2, 0.25) is 0 Å². The maximum absolute atomic E-state index is 5.95. The number of halogens is 1. The quantitative estimate of drug-likeness (QED) is 0.353. The first-order chi connectivity index (χ1) is 11.7. The third-order valence-electron chi connectivity index (χ3n) is 4.89. The van der Waals surface area contributed by atoms with E-state index in [0.29, 0.717) is 6.04 Å². The average molecular weight is 468 g/mol. The molecule has 2 unspecified atom stereocenters. The molecule has 2 aliphatic rings. The Morgan fingerprint density at radius 2 is 2.00 bits per heavy atom. The van der Waals surface area contributed by atoms with Crippen LogP contribution in [0.1, 0.15) is 40.5 Å². The van der Waals surface area contributed by atoms with Crippen LogP contribution < -0.4 is 5.32 Å². The molecule has 7 heteroatoms. The second-order valence-corrected chi connectivity index (χ2v) is 6.86. The Balaban J connectivity index is 0.00000312. The Morgan fingerprint density at radius 3 is 2.60 bits per heavy atom. The van der Waals surface area contributed by atoms with Gasteiger partial charge >= 0.3 is 0 Å². The molecular formula is C18H37IN4O2. The smallest absolute Gasteiger partial charge is 0.194 e. The van der Waals surface area contributed by atoms with Crippen molar-refractivity contribution in [2.75, 3.05) is 52.5 Å². The van der Waals surface area contributed by atoms with Crippen LogP contribution in [0.5, 0.6) is 0 Å². The van der Waals surface area contributed by atoms with Crippen LogP contribution in [0.2, 0.25) is 0 Å². The summed E-state index contributed by atoms with van der Waals surface area (Å²) >= 11 is 0. The van der Waals surface area contributed by atoms with Gasteiger partial charge < -0.3 is 19.7 Å². The lowest BCUT2D eigenvalue weighted by Crippen LogP contribution is -2.53. The summed E-state index contributed by atoms with van der Waals surface area (Å²) in [5, 5.41) is 3.45. The van der Waals surface area contributed by atoms with Crippen LogP contribution in [0, 0.1) is 0 Å². The summed E-state index contributed by atoms with van der Waals surface area (Å²) in [5.41, 5.74) is 0. The molecule has 0 aromatic heterocycles. The first-order valence-corrected chi connectivity index (χ1v) is 9.66. The van der Waals surface area contributed by atoms with E-state index in [0.717, 1.165) is 71.3 Å². The van der Waals surface area contributed by atoms with Crippen molar-refractivity contribution in [2.45, 2.75) is 58.8 Å². The standard InChI is InChI=1S/C18H36N4O2.HI/c1-5-19-18(20-9-10-21(6-2)15(3)4)22-11-13-24-17(14-22)16-8-7-12-23-16;/h15-17H,5-14H2,1-4H3,(H,19,20);1H.